The molecule has 1 rings (SSSR count). The number of benzene rings is 1. The second-order valence-electron chi connectivity index (χ2n) is 2.75. The number of rotatable bonds is 3. The van der Waals surface area contributed by atoms with Crippen molar-refractivity contribution in [3.05, 3.63) is 33.8 Å². The Morgan fingerprint density at radius 3 is 2.67 bits per heavy atom. The van der Waals surface area contributed by atoms with Gasteiger partial charge >= 0.3 is 0 Å². The number of aliphatic hydroxyl groups excluding tert-OH is 1. The molecule has 1 aromatic carbocycles. The molecule has 0 aromatic heterocycles. The largest absolute Gasteiger partial charge is 0.396 e. The lowest BCUT2D eigenvalue weighted by Crippen LogP contribution is -1.92. The van der Waals surface area contributed by atoms with Gasteiger partial charge in [-0.15, -0.1) is 0 Å². The molecule has 0 saturated heterocycles. The van der Waals surface area contributed by atoms with E-state index in [1.807, 2.05) is 0 Å². The van der Waals surface area contributed by atoms with Crippen molar-refractivity contribution in [3.8, 4) is 0 Å². The highest BCUT2D eigenvalue weighted by Crippen LogP contribution is 2.19. The van der Waals surface area contributed by atoms with E-state index in [1.165, 1.54) is 11.1 Å². The molecule has 0 atom stereocenters. The second kappa shape index (κ2) is 4.63. The van der Waals surface area contributed by atoms with Crippen molar-refractivity contribution >= 4 is 15.9 Å². The molecule has 0 radical (unpaired) electrons. The lowest BCUT2D eigenvalue weighted by atomic mass is 10.1. The number of halogens is 1. The highest BCUT2D eigenvalue weighted by atomic mass is 79.9. The van der Waals surface area contributed by atoms with Gasteiger partial charge in [0, 0.05) is 11.1 Å². The van der Waals surface area contributed by atoms with Crippen molar-refractivity contribution in [2.45, 2.75) is 19.8 Å². The summed E-state index contributed by atoms with van der Waals surface area (Å²) in [5.74, 6) is 0. The van der Waals surface area contributed by atoms with Gasteiger partial charge < -0.3 is 5.11 Å². The molecule has 66 valence electrons. The zero-order chi connectivity index (χ0) is 8.97. The number of hydrogen-bond acceptors (Lipinski definition) is 1. The maximum Gasteiger partial charge on any atom is 0.0471 e. The zero-order valence-electron chi connectivity index (χ0n) is 7.18. The fourth-order valence-corrected chi connectivity index (χ4v) is 1.87. The first-order valence-corrected chi connectivity index (χ1v) is 4.95. The zero-order valence-corrected chi connectivity index (χ0v) is 8.76. The molecule has 0 aliphatic carbocycles. The maximum absolute atomic E-state index is 8.72. The molecule has 0 bridgehead atoms. The van der Waals surface area contributed by atoms with Crippen molar-refractivity contribution in [1.82, 2.24) is 0 Å². The summed E-state index contributed by atoms with van der Waals surface area (Å²) in [7, 11) is 0. The summed E-state index contributed by atoms with van der Waals surface area (Å²) >= 11 is 3.50. The van der Waals surface area contributed by atoms with E-state index < -0.39 is 0 Å². The molecule has 1 nitrogen and oxygen atoms in total. The smallest absolute Gasteiger partial charge is 0.0471 e. The lowest BCUT2D eigenvalue weighted by Gasteiger charge is -2.03. The molecule has 0 saturated carbocycles. The summed E-state index contributed by atoms with van der Waals surface area (Å²) in [6, 6.07) is 6.25. The first kappa shape index (κ1) is 9.75. The van der Waals surface area contributed by atoms with Crippen LogP contribution in [0.1, 0.15) is 18.1 Å². The molecular weight excluding hydrogens is 216 g/mol. The molecule has 0 amide bonds. The van der Waals surface area contributed by atoms with E-state index in [2.05, 4.69) is 41.1 Å². The predicted molar refractivity (Wildman–Crippen MR) is 54.3 cm³/mol. The molecule has 1 aromatic rings. The van der Waals surface area contributed by atoms with Crippen molar-refractivity contribution in [2.75, 3.05) is 6.61 Å². The van der Waals surface area contributed by atoms with Crippen molar-refractivity contribution in [3.63, 3.8) is 0 Å². The quantitative estimate of drug-likeness (QED) is 0.844. The van der Waals surface area contributed by atoms with Crippen LogP contribution in [-0.4, -0.2) is 11.7 Å². The van der Waals surface area contributed by atoms with Gasteiger partial charge in [0.15, 0.2) is 0 Å². The third-order valence-electron chi connectivity index (χ3n) is 1.90. The summed E-state index contributed by atoms with van der Waals surface area (Å²) in [6.07, 6.45) is 1.78. The van der Waals surface area contributed by atoms with Gasteiger partial charge in [-0.3, -0.25) is 0 Å². The highest BCUT2D eigenvalue weighted by Gasteiger charge is 1.98. The number of aliphatic hydroxyl groups is 1. The molecule has 0 spiro atoms. The summed E-state index contributed by atoms with van der Waals surface area (Å²) < 4.78 is 1.15. The second-order valence-corrected chi connectivity index (χ2v) is 3.61. The Morgan fingerprint density at radius 1 is 1.42 bits per heavy atom. The van der Waals surface area contributed by atoms with Gasteiger partial charge in [-0.05, 0) is 30.0 Å². The van der Waals surface area contributed by atoms with Gasteiger partial charge in [0.25, 0.3) is 0 Å². The molecular formula is C10H13BrO. The Kier molecular flexibility index (Phi) is 3.76. The van der Waals surface area contributed by atoms with Crippen LogP contribution in [0.25, 0.3) is 0 Å². The van der Waals surface area contributed by atoms with E-state index in [1.54, 1.807) is 0 Å². The lowest BCUT2D eigenvalue weighted by molar-refractivity contribution is 0.299. The van der Waals surface area contributed by atoms with E-state index >= 15 is 0 Å². The SMILES string of the molecule is CCc1ccc(CCO)cc1Br. The molecule has 0 fully saturated rings. The minimum absolute atomic E-state index is 0.220. The van der Waals surface area contributed by atoms with Gasteiger partial charge in [-0.2, -0.15) is 0 Å². The van der Waals surface area contributed by atoms with Crippen LogP contribution in [0.15, 0.2) is 22.7 Å². The van der Waals surface area contributed by atoms with Crippen LogP contribution in [0.3, 0.4) is 0 Å². The summed E-state index contributed by atoms with van der Waals surface area (Å²) in [5, 5.41) is 8.72. The Labute approximate surface area is 81.6 Å². The van der Waals surface area contributed by atoms with Gasteiger partial charge in [-0.25, -0.2) is 0 Å². The standard InChI is InChI=1S/C10H13BrO/c1-2-9-4-3-8(5-6-12)7-10(9)11/h3-4,7,12H,2,5-6H2,1H3. The highest BCUT2D eigenvalue weighted by molar-refractivity contribution is 9.10. The maximum atomic E-state index is 8.72. The van der Waals surface area contributed by atoms with Crippen molar-refractivity contribution in [1.29, 1.82) is 0 Å². The van der Waals surface area contributed by atoms with Gasteiger partial charge in [-0.1, -0.05) is 35.0 Å². The molecule has 0 aliphatic rings. The minimum atomic E-state index is 0.220. The Morgan fingerprint density at radius 2 is 2.17 bits per heavy atom. The fraction of sp³-hybridized carbons (Fsp3) is 0.400. The number of hydrogen-bond donors (Lipinski definition) is 1. The van der Waals surface area contributed by atoms with Crippen LogP contribution in [0.4, 0.5) is 0 Å². The monoisotopic (exact) mass is 228 g/mol. The summed E-state index contributed by atoms with van der Waals surface area (Å²) in [5.41, 5.74) is 2.50. The Bertz CT molecular complexity index is 258. The molecule has 0 heterocycles. The van der Waals surface area contributed by atoms with Crippen molar-refractivity contribution < 1.29 is 5.11 Å². The average molecular weight is 229 g/mol. The molecule has 0 aliphatic heterocycles. The van der Waals surface area contributed by atoms with Crippen LogP contribution in [0, 0.1) is 0 Å². The van der Waals surface area contributed by atoms with Crippen LogP contribution >= 0.6 is 15.9 Å². The third kappa shape index (κ3) is 2.32. The first-order chi connectivity index (χ1) is 5.77. The molecule has 12 heavy (non-hydrogen) atoms. The van der Waals surface area contributed by atoms with Gasteiger partial charge in [0.05, 0.1) is 0 Å². The van der Waals surface area contributed by atoms with E-state index in [0.717, 1.165) is 17.3 Å². The average Bonchev–Trinajstić information content (AvgIpc) is 2.05. The molecule has 0 unspecified atom stereocenters. The summed E-state index contributed by atoms with van der Waals surface area (Å²) in [4.78, 5) is 0. The minimum Gasteiger partial charge on any atom is -0.396 e. The molecule has 2 heteroatoms. The predicted octanol–water partition coefficient (Wildman–Crippen LogP) is 2.55. The van der Waals surface area contributed by atoms with Crippen LogP contribution in [0.5, 0.6) is 0 Å². The van der Waals surface area contributed by atoms with E-state index in [9.17, 15) is 0 Å². The summed E-state index contributed by atoms with van der Waals surface area (Å²) in [6.45, 7) is 2.35. The van der Waals surface area contributed by atoms with Gasteiger partial charge in [0.2, 0.25) is 0 Å². The van der Waals surface area contributed by atoms with Crippen molar-refractivity contribution in [2.24, 2.45) is 0 Å². The Hall–Kier alpha value is -0.340. The van der Waals surface area contributed by atoms with E-state index in [-0.39, 0.29) is 6.61 Å². The third-order valence-corrected chi connectivity index (χ3v) is 2.64. The fourth-order valence-electron chi connectivity index (χ4n) is 1.16. The first-order valence-electron chi connectivity index (χ1n) is 4.16. The Balaban J connectivity index is 2.86. The van der Waals surface area contributed by atoms with Crippen LogP contribution in [-0.2, 0) is 12.8 Å². The number of aryl methyl sites for hydroxylation is 1. The normalized spacial score (nSPS) is 10.2. The topological polar surface area (TPSA) is 20.2 Å². The van der Waals surface area contributed by atoms with E-state index in [0.29, 0.717) is 0 Å². The van der Waals surface area contributed by atoms with Crippen LogP contribution < -0.4 is 0 Å². The van der Waals surface area contributed by atoms with Gasteiger partial charge in [0.1, 0.15) is 0 Å². The van der Waals surface area contributed by atoms with E-state index in [4.69, 9.17) is 5.11 Å². The van der Waals surface area contributed by atoms with Crippen LogP contribution in [0.2, 0.25) is 0 Å². The molecule has 1 N–H and O–H groups in total.